The van der Waals surface area contributed by atoms with E-state index in [4.69, 9.17) is 0 Å². The lowest BCUT2D eigenvalue weighted by atomic mass is 9.62. The van der Waals surface area contributed by atoms with Crippen LogP contribution in [0.15, 0.2) is 12.1 Å². The molecule has 2 aliphatic rings. The molecule has 0 bridgehead atoms. The molecule has 0 N–H and O–H groups in total. The fourth-order valence-corrected chi connectivity index (χ4v) is 5.65. The topological polar surface area (TPSA) is 0 Å². The first kappa shape index (κ1) is 19.8. The zero-order chi connectivity index (χ0) is 18.6. The van der Waals surface area contributed by atoms with Crippen molar-refractivity contribution in [3.63, 3.8) is 0 Å². The first-order valence-electron chi connectivity index (χ1n) is 10.7. The van der Waals surface area contributed by atoms with E-state index < -0.39 is 17.5 Å². The number of hydrogen-bond acceptors (Lipinski definition) is 0. The van der Waals surface area contributed by atoms with Crippen molar-refractivity contribution in [2.75, 3.05) is 0 Å². The smallest absolute Gasteiger partial charge is 0.194 e. The van der Waals surface area contributed by atoms with Gasteiger partial charge in [-0.25, -0.2) is 13.2 Å². The second kappa shape index (κ2) is 8.80. The molecule has 0 atom stereocenters. The molecule has 0 radical (unpaired) electrons. The van der Waals surface area contributed by atoms with Crippen LogP contribution in [0.25, 0.3) is 0 Å². The van der Waals surface area contributed by atoms with Gasteiger partial charge in [0.2, 0.25) is 0 Å². The Kier molecular flexibility index (Phi) is 6.69. The van der Waals surface area contributed by atoms with E-state index >= 15 is 0 Å². The highest BCUT2D eigenvalue weighted by atomic mass is 19.2. The summed E-state index contributed by atoms with van der Waals surface area (Å²) in [6, 6.07) is 2.34. The molecular formula is C23H33F3. The van der Waals surface area contributed by atoms with Crippen LogP contribution in [0.3, 0.4) is 0 Å². The van der Waals surface area contributed by atoms with Crippen LogP contribution in [0.4, 0.5) is 13.2 Å². The Labute approximate surface area is 156 Å². The van der Waals surface area contributed by atoms with Crippen LogP contribution in [0.1, 0.15) is 89.5 Å². The molecule has 26 heavy (non-hydrogen) atoms. The van der Waals surface area contributed by atoms with Crippen molar-refractivity contribution in [2.24, 2.45) is 17.3 Å². The third-order valence-corrected chi connectivity index (χ3v) is 7.18. The number of hydrogen-bond donors (Lipinski definition) is 0. The quantitative estimate of drug-likeness (QED) is 0.455. The van der Waals surface area contributed by atoms with E-state index in [1.54, 1.807) is 0 Å². The van der Waals surface area contributed by atoms with Crippen molar-refractivity contribution in [2.45, 2.75) is 90.4 Å². The van der Waals surface area contributed by atoms with Gasteiger partial charge in [0.15, 0.2) is 17.5 Å². The molecular weight excluding hydrogens is 333 g/mol. The predicted molar refractivity (Wildman–Crippen MR) is 101 cm³/mol. The van der Waals surface area contributed by atoms with Crippen LogP contribution in [0.2, 0.25) is 0 Å². The Morgan fingerprint density at radius 2 is 1.42 bits per heavy atom. The fraction of sp³-hybridized carbons (Fsp3) is 0.739. The van der Waals surface area contributed by atoms with Gasteiger partial charge in [-0.3, -0.25) is 0 Å². The maximum absolute atomic E-state index is 13.5. The summed E-state index contributed by atoms with van der Waals surface area (Å²) < 4.78 is 40.2. The molecule has 0 amide bonds. The van der Waals surface area contributed by atoms with Crippen molar-refractivity contribution >= 4 is 0 Å². The van der Waals surface area contributed by atoms with E-state index in [1.807, 2.05) is 0 Å². The van der Waals surface area contributed by atoms with E-state index in [-0.39, 0.29) is 0 Å². The minimum atomic E-state index is -1.36. The molecule has 0 aliphatic heterocycles. The minimum Gasteiger partial charge on any atom is -0.204 e. The zero-order valence-corrected chi connectivity index (χ0v) is 16.1. The summed E-state index contributed by atoms with van der Waals surface area (Å²) in [6.45, 7) is 2.23. The Hall–Kier alpha value is -0.990. The van der Waals surface area contributed by atoms with Gasteiger partial charge in [0, 0.05) is 0 Å². The third-order valence-electron chi connectivity index (χ3n) is 7.18. The Morgan fingerprint density at radius 1 is 0.846 bits per heavy atom. The first-order chi connectivity index (χ1) is 12.5. The van der Waals surface area contributed by atoms with Crippen LogP contribution in [-0.4, -0.2) is 0 Å². The van der Waals surface area contributed by atoms with E-state index in [0.717, 1.165) is 24.7 Å². The summed E-state index contributed by atoms with van der Waals surface area (Å²) >= 11 is 0. The third kappa shape index (κ3) is 4.64. The predicted octanol–water partition coefficient (Wildman–Crippen LogP) is 7.59. The van der Waals surface area contributed by atoms with E-state index in [2.05, 4.69) is 6.92 Å². The van der Waals surface area contributed by atoms with Crippen molar-refractivity contribution < 1.29 is 13.2 Å². The maximum atomic E-state index is 13.5. The SMILES string of the molecule is CCC[C@]1(CCc2cc(F)c(F)c(F)c2)CC[C@@H](C2CCCCC2)CC1. The second-order valence-corrected chi connectivity index (χ2v) is 8.86. The lowest BCUT2D eigenvalue weighted by Crippen LogP contribution is -2.31. The summed E-state index contributed by atoms with van der Waals surface area (Å²) in [7, 11) is 0. The normalized spacial score (nSPS) is 27.6. The van der Waals surface area contributed by atoms with E-state index in [9.17, 15) is 13.2 Å². The number of halogens is 3. The van der Waals surface area contributed by atoms with Gasteiger partial charge >= 0.3 is 0 Å². The second-order valence-electron chi connectivity index (χ2n) is 8.86. The number of aryl methyl sites for hydroxylation is 1. The summed E-state index contributed by atoms with van der Waals surface area (Å²) in [6.07, 6.45) is 16.1. The Morgan fingerprint density at radius 3 is 2.00 bits per heavy atom. The molecule has 3 rings (SSSR count). The lowest BCUT2D eigenvalue weighted by Gasteiger charge is -2.43. The molecule has 0 heterocycles. The van der Waals surface area contributed by atoms with Gasteiger partial charge in [-0.15, -0.1) is 0 Å². The van der Waals surface area contributed by atoms with Gasteiger partial charge < -0.3 is 0 Å². The van der Waals surface area contributed by atoms with Crippen LogP contribution in [0, 0.1) is 34.7 Å². The van der Waals surface area contributed by atoms with Crippen molar-refractivity contribution in [3.8, 4) is 0 Å². The Balaban J connectivity index is 1.60. The average Bonchev–Trinajstić information content (AvgIpc) is 2.66. The highest BCUT2D eigenvalue weighted by molar-refractivity contribution is 5.19. The van der Waals surface area contributed by atoms with Crippen LogP contribution >= 0.6 is 0 Å². The van der Waals surface area contributed by atoms with E-state index in [1.165, 1.54) is 76.3 Å². The average molecular weight is 367 g/mol. The number of rotatable bonds is 6. The molecule has 0 saturated heterocycles. The molecule has 2 saturated carbocycles. The van der Waals surface area contributed by atoms with Gasteiger partial charge in [0.05, 0.1) is 0 Å². The van der Waals surface area contributed by atoms with Gasteiger partial charge in [0.25, 0.3) is 0 Å². The molecule has 0 nitrogen and oxygen atoms in total. The van der Waals surface area contributed by atoms with Gasteiger partial charge in [-0.05, 0) is 79.9 Å². The molecule has 0 unspecified atom stereocenters. The van der Waals surface area contributed by atoms with Crippen LogP contribution < -0.4 is 0 Å². The molecule has 0 aromatic heterocycles. The van der Waals surface area contributed by atoms with Crippen LogP contribution in [0.5, 0.6) is 0 Å². The first-order valence-corrected chi connectivity index (χ1v) is 10.7. The van der Waals surface area contributed by atoms with Crippen molar-refractivity contribution in [1.82, 2.24) is 0 Å². The molecule has 2 aliphatic carbocycles. The van der Waals surface area contributed by atoms with E-state index in [0.29, 0.717) is 17.4 Å². The minimum absolute atomic E-state index is 0.307. The van der Waals surface area contributed by atoms with Crippen molar-refractivity contribution in [1.29, 1.82) is 0 Å². The molecule has 1 aromatic rings. The lowest BCUT2D eigenvalue weighted by molar-refractivity contribution is 0.0854. The standard InChI is InChI=1S/C23H33F3/c1-2-11-23(12-8-17-15-20(24)22(26)21(25)16-17)13-9-19(10-14-23)18-6-4-3-5-7-18/h15-16,18-19H,2-14H2,1H3/t19-,23+. The molecule has 3 heteroatoms. The fourth-order valence-electron chi connectivity index (χ4n) is 5.65. The maximum Gasteiger partial charge on any atom is 0.194 e. The highest BCUT2D eigenvalue weighted by Crippen LogP contribution is 2.49. The number of benzene rings is 1. The van der Waals surface area contributed by atoms with Gasteiger partial charge in [-0.1, -0.05) is 45.4 Å². The van der Waals surface area contributed by atoms with Crippen LogP contribution in [-0.2, 0) is 6.42 Å². The van der Waals surface area contributed by atoms with Crippen molar-refractivity contribution in [3.05, 3.63) is 35.1 Å². The summed E-state index contributed by atoms with van der Waals surface area (Å²) in [5.74, 6) is -1.66. The Bertz CT molecular complexity index is 558. The zero-order valence-electron chi connectivity index (χ0n) is 16.1. The van der Waals surface area contributed by atoms with Gasteiger partial charge in [0.1, 0.15) is 0 Å². The highest BCUT2D eigenvalue weighted by Gasteiger charge is 2.36. The summed E-state index contributed by atoms with van der Waals surface area (Å²) in [5.41, 5.74) is 0.896. The largest absolute Gasteiger partial charge is 0.204 e. The summed E-state index contributed by atoms with van der Waals surface area (Å²) in [5, 5.41) is 0. The molecule has 146 valence electrons. The molecule has 1 aromatic carbocycles. The molecule has 0 spiro atoms. The summed E-state index contributed by atoms with van der Waals surface area (Å²) in [4.78, 5) is 0. The monoisotopic (exact) mass is 366 g/mol. The molecule has 2 fully saturated rings. The van der Waals surface area contributed by atoms with Gasteiger partial charge in [-0.2, -0.15) is 0 Å².